The molecule has 0 fully saturated rings. The van der Waals surface area contributed by atoms with Crippen molar-refractivity contribution in [3.63, 3.8) is 0 Å². The average molecular weight is 272 g/mol. The van der Waals surface area contributed by atoms with E-state index in [0.29, 0.717) is 6.54 Å². The number of hydrogen-bond acceptors (Lipinski definition) is 4. The lowest BCUT2D eigenvalue weighted by atomic mass is 10.1. The van der Waals surface area contributed by atoms with E-state index in [2.05, 4.69) is 20.5 Å². The van der Waals surface area contributed by atoms with Gasteiger partial charge in [0, 0.05) is 25.0 Å². The molecule has 6 heteroatoms. The fourth-order valence-electron chi connectivity index (χ4n) is 1.76. The van der Waals surface area contributed by atoms with Crippen molar-refractivity contribution in [1.29, 1.82) is 0 Å². The van der Waals surface area contributed by atoms with E-state index in [-0.39, 0.29) is 17.2 Å². The van der Waals surface area contributed by atoms with E-state index in [9.17, 15) is 9.59 Å². The highest BCUT2D eigenvalue weighted by molar-refractivity contribution is 5.91. The van der Waals surface area contributed by atoms with Crippen LogP contribution in [-0.2, 0) is 6.42 Å². The number of hydrogen-bond donors (Lipinski definition) is 2. The normalized spacial score (nSPS) is 10.2. The van der Waals surface area contributed by atoms with Gasteiger partial charge in [0.25, 0.3) is 11.5 Å². The number of nitrogens with one attached hydrogen (secondary N) is 2. The van der Waals surface area contributed by atoms with E-state index in [4.69, 9.17) is 0 Å². The van der Waals surface area contributed by atoms with Crippen molar-refractivity contribution >= 4 is 5.91 Å². The maximum absolute atomic E-state index is 11.7. The van der Waals surface area contributed by atoms with Gasteiger partial charge in [-0.2, -0.15) is 5.10 Å². The molecular formula is C14H16N4O2. The first-order valence-corrected chi connectivity index (χ1v) is 6.48. The van der Waals surface area contributed by atoms with Gasteiger partial charge in [-0.15, -0.1) is 0 Å². The SMILES string of the molecule is O=C(NCCCCc1cccnc1)c1ccc(=O)[nH]n1. The quantitative estimate of drug-likeness (QED) is 0.765. The van der Waals surface area contributed by atoms with Gasteiger partial charge < -0.3 is 5.32 Å². The zero-order valence-corrected chi connectivity index (χ0v) is 11.0. The van der Waals surface area contributed by atoms with Crippen LogP contribution in [0.15, 0.2) is 41.5 Å². The van der Waals surface area contributed by atoms with Crippen LogP contribution in [0.4, 0.5) is 0 Å². The Labute approximate surface area is 116 Å². The number of aryl methyl sites for hydroxylation is 1. The van der Waals surface area contributed by atoms with Crippen molar-refractivity contribution in [3.8, 4) is 0 Å². The third kappa shape index (κ3) is 4.31. The van der Waals surface area contributed by atoms with Gasteiger partial charge in [0.05, 0.1) is 0 Å². The molecule has 0 unspecified atom stereocenters. The molecule has 0 aliphatic carbocycles. The van der Waals surface area contributed by atoms with Crippen molar-refractivity contribution in [1.82, 2.24) is 20.5 Å². The molecule has 0 saturated carbocycles. The molecule has 1 amide bonds. The van der Waals surface area contributed by atoms with Crippen molar-refractivity contribution in [2.24, 2.45) is 0 Å². The minimum atomic E-state index is -0.321. The second kappa shape index (κ2) is 7.18. The molecule has 0 atom stereocenters. The van der Waals surface area contributed by atoms with Gasteiger partial charge in [0.2, 0.25) is 0 Å². The van der Waals surface area contributed by atoms with Gasteiger partial charge >= 0.3 is 0 Å². The molecule has 0 aliphatic rings. The van der Waals surface area contributed by atoms with E-state index < -0.39 is 0 Å². The molecule has 2 rings (SSSR count). The minimum Gasteiger partial charge on any atom is -0.351 e. The molecule has 20 heavy (non-hydrogen) atoms. The van der Waals surface area contributed by atoms with Gasteiger partial charge in [-0.3, -0.25) is 14.6 Å². The molecule has 2 aromatic rings. The van der Waals surface area contributed by atoms with E-state index >= 15 is 0 Å². The van der Waals surface area contributed by atoms with Crippen molar-refractivity contribution in [2.45, 2.75) is 19.3 Å². The second-order valence-corrected chi connectivity index (χ2v) is 4.38. The van der Waals surface area contributed by atoms with Crippen molar-refractivity contribution in [3.05, 3.63) is 58.3 Å². The van der Waals surface area contributed by atoms with Gasteiger partial charge in [-0.05, 0) is 37.0 Å². The van der Waals surface area contributed by atoms with Crippen molar-refractivity contribution < 1.29 is 4.79 Å². The Morgan fingerprint density at radius 3 is 2.85 bits per heavy atom. The summed E-state index contributed by atoms with van der Waals surface area (Å²) in [6.45, 7) is 0.583. The van der Waals surface area contributed by atoms with E-state index in [1.807, 2.05) is 18.3 Å². The Morgan fingerprint density at radius 1 is 1.25 bits per heavy atom. The highest BCUT2D eigenvalue weighted by atomic mass is 16.2. The number of amides is 1. The second-order valence-electron chi connectivity index (χ2n) is 4.38. The highest BCUT2D eigenvalue weighted by Crippen LogP contribution is 2.02. The smallest absolute Gasteiger partial charge is 0.271 e. The number of carbonyl (C=O) groups is 1. The molecule has 0 radical (unpaired) electrons. The van der Waals surface area contributed by atoms with Gasteiger partial charge in [0.15, 0.2) is 0 Å². The highest BCUT2D eigenvalue weighted by Gasteiger charge is 2.05. The predicted molar refractivity (Wildman–Crippen MR) is 74.4 cm³/mol. The van der Waals surface area contributed by atoms with Crippen LogP contribution in [-0.4, -0.2) is 27.6 Å². The maximum Gasteiger partial charge on any atom is 0.271 e. The van der Waals surface area contributed by atoms with Gasteiger partial charge in [0.1, 0.15) is 5.69 Å². The molecule has 0 aromatic carbocycles. The van der Waals surface area contributed by atoms with E-state index in [1.54, 1.807) is 6.20 Å². The molecule has 2 N–H and O–H groups in total. The average Bonchev–Trinajstić information content (AvgIpc) is 2.48. The number of pyridine rings is 1. The van der Waals surface area contributed by atoms with Crippen LogP contribution in [0.1, 0.15) is 28.9 Å². The zero-order chi connectivity index (χ0) is 14.2. The standard InChI is InChI=1S/C14H16N4O2/c19-13-7-6-12(17-18-13)14(20)16-9-2-1-4-11-5-3-8-15-10-11/h3,5-8,10H,1-2,4,9H2,(H,16,20)(H,18,19). The number of aromatic amines is 1. The lowest BCUT2D eigenvalue weighted by Crippen LogP contribution is -2.26. The third-order valence-electron chi connectivity index (χ3n) is 2.81. The predicted octanol–water partition coefficient (Wildman–Crippen LogP) is 0.918. The summed E-state index contributed by atoms with van der Waals surface area (Å²) in [6.07, 6.45) is 6.40. The van der Waals surface area contributed by atoms with Gasteiger partial charge in [-0.25, -0.2) is 5.10 Å². The zero-order valence-electron chi connectivity index (χ0n) is 11.0. The number of nitrogens with zero attached hydrogens (tertiary/aromatic N) is 2. The van der Waals surface area contributed by atoms with Crippen LogP contribution in [0.3, 0.4) is 0 Å². The summed E-state index contributed by atoms with van der Waals surface area (Å²) in [5.74, 6) is -0.275. The van der Waals surface area contributed by atoms with E-state index in [1.165, 1.54) is 17.7 Å². The lowest BCUT2D eigenvalue weighted by molar-refractivity contribution is 0.0947. The molecule has 6 nitrogen and oxygen atoms in total. The monoisotopic (exact) mass is 272 g/mol. The Hall–Kier alpha value is -2.50. The minimum absolute atomic E-state index is 0.219. The summed E-state index contributed by atoms with van der Waals surface area (Å²) in [4.78, 5) is 26.6. The van der Waals surface area contributed by atoms with Crippen LogP contribution >= 0.6 is 0 Å². The van der Waals surface area contributed by atoms with Crippen LogP contribution in [0.25, 0.3) is 0 Å². The molecule has 0 aliphatic heterocycles. The number of rotatable bonds is 6. The van der Waals surface area contributed by atoms with Crippen molar-refractivity contribution in [2.75, 3.05) is 6.54 Å². The van der Waals surface area contributed by atoms with Crippen LogP contribution in [0.5, 0.6) is 0 Å². The van der Waals surface area contributed by atoms with Crippen LogP contribution < -0.4 is 10.9 Å². The summed E-state index contributed by atoms with van der Waals surface area (Å²) in [6, 6.07) is 6.64. The van der Waals surface area contributed by atoms with E-state index in [0.717, 1.165) is 19.3 Å². The molecule has 0 spiro atoms. The number of carbonyl (C=O) groups excluding carboxylic acids is 1. The van der Waals surface area contributed by atoms with Gasteiger partial charge in [-0.1, -0.05) is 6.07 Å². The lowest BCUT2D eigenvalue weighted by Gasteiger charge is -2.04. The number of unbranched alkanes of at least 4 members (excludes halogenated alkanes) is 1. The third-order valence-corrected chi connectivity index (χ3v) is 2.81. The fraction of sp³-hybridized carbons (Fsp3) is 0.286. The maximum atomic E-state index is 11.7. The number of H-pyrrole nitrogens is 1. The van der Waals surface area contributed by atoms with Crippen LogP contribution in [0.2, 0.25) is 0 Å². The summed E-state index contributed by atoms with van der Waals surface area (Å²) >= 11 is 0. The molecule has 2 aromatic heterocycles. The molecule has 0 bridgehead atoms. The Bertz CT molecular complexity index is 590. The fourth-order valence-corrected chi connectivity index (χ4v) is 1.76. The summed E-state index contributed by atoms with van der Waals surface area (Å²) in [7, 11) is 0. The Morgan fingerprint density at radius 2 is 2.15 bits per heavy atom. The first-order chi connectivity index (χ1) is 9.75. The number of aromatic nitrogens is 3. The largest absolute Gasteiger partial charge is 0.351 e. The Kier molecular flexibility index (Phi) is 5.00. The van der Waals surface area contributed by atoms with Crippen LogP contribution in [0, 0.1) is 0 Å². The first kappa shape index (κ1) is 13.9. The Balaban J connectivity index is 1.67. The summed E-state index contributed by atoms with van der Waals surface area (Å²) in [5.41, 5.74) is 1.09. The molecular weight excluding hydrogens is 256 g/mol. The summed E-state index contributed by atoms with van der Waals surface area (Å²) in [5, 5.41) is 8.66. The molecule has 104 valence electrons. The first-order valence-electron chi connectivity index (χ1n) is 6.48. The summed E-state index contributed by atoms with van der Waals surface area (Å²) < 4.78 is 0. The topological polar surface area (TPSA) is 87.7 Å². The molecule has 2 heterocycles. The molecule has 0 saturated heterocycles.